The van der Waals surface area contributed by atoms with Gasteiger partial charge in [-0.3, -0.25) is 0 Å². The molecule has 0 aliphatic heterocycles. The molecule has 134 valence electrons. The third-order valence-electron chi connectivity index (χ3n) is 3.41. The molecule has 2 aromatic carbocycles. The molecular weight excluding hydrogens is 337 g/mol. The lowest BCUT2D eigenvalue weighted by Gasteiger charge is -2.09. The molecule has 26 heavy (non-hydrogen) atoms. The number of halogens is 1. The van der Waals surface area contributed by atoms with Crippen LogP contribution >= 0.6 is 0 Å². The lowest BCUT2D eigenvalue weighted by atomic mass is 10.3. The molecule has 0 saturated carbocycles. The molecule has 0 saturated heterocycles. The van der Waals surface area contributed by atoms with E-state index in [9.17, 15) is 4.39 Å². The van der Waals surface area contributed by atoms with E-state index in [-0.39, 0.29) is 5.82 Å². The third-order valence-corrected chi connectivity index (χ3v) is 3.41. The number of hydrogen-bond acceptors (Lipinski definition) is 7. The van der Waals surface area contributed by atoms with Gasteiger partial charge < -0.3 is 20.1 Å². The summed E-state index contributed by atoms with van der Waals surface area (Å²) in [7, 11) is 1.61. The van der Waals surface area contributed by atoms with E-state index in [1.54, 1.807) is 25.3 Å². The number of anilines is 3. The molecule has 0 bridgehead atoms. The van der Waals surface area contributed by atoms with Gasteiger partial charge in [-0.25, -0.2) is 4.39 Å². The van der Waals surface area contributed by atoms with Crippen molar-refractivity contribution >= 4 is 17.5 Å². The van der Waals surface area contributed by atoms with Crippen LogP contribution in [0.4, 0.5) is 21.8 Å². The lowest BCUT2D eigenvalue weighted by molar-refractivity contribution is 0.331. The Morgan fingerprint density at radius 1 is 1.04 bits per heavy atom. The molecule has 8 heteroatoms. The van der Waals surface area contributed by atoms with Gasteiger partial charge in [0, 0.05) is 0 Å². The first-order chi connectivity index (χ1) is 12.7. The van der Waals surface area contributed by atoms with Gasteiger partial charge in [0.2, 0.25) is 5.95 Å². The number of methoxy groups -OCH3 is 1. The van der Waals surface area contributed by atoms with Crippen LogP contribution in [-0.4, -0.2) is 35.4 Å². The minimum atomic E-state index is -0.367. The van der Waals surface area contributed by atoms with E-state index in [0.29, 0.717) is 30.6 Å². The maximum atomic E-state index is 13.7. The van der Waals surface area contributed by atoms with Crippen molar-refractivity contribution in [2.24, 2.45) is 0 Å². The first-order valence-electron chi connectivity index (χ1n) is 7.96. The molecule has 0 unspecified atom stereocenters. The number of nitrogens with zero attached hydrogens (tertiary/aromatic N) is 3. The Morgan fingerprint density at radius 2 is 1.81 bits per heavy atom. The van der Waals surface area contributed by atoms with E-state index < -0.39 is 0 Å². The normalized spacial score (nSPS) is 10.2. The Morgan fingerprint density at radius 3 is 2.58 bits per heavy atom. The monoisotopic (exact) mass is 355 g/mol. The fraction of sp³-hybridized carbons (Fsp3) is 0.167. The maximum absolute atomic E-state index is 13.7. The van der Waals surface area contributed by atoms with Crippen molar-refractivity contribution in [1.82, 2.24) is 15.2 Å². The zero-order valence-electron chi connectivity index (χ0n) is 14.1. The van der Waals surface area contributed by atoms with Crippen molar-refractivity contribution in [3.8, 4) is 11.5 Å². The second-order valence-corrected chi connectivity index (χ2v) is 5.22. The van der Waals surface area contributed by atoms with E-state index in [4.69, 9.17) is 9.47 Å². The van der Waals surface area contributed by atoms with Crippen LogP contribution in [0.5, 0.6) is 11.5 Å². The molecule has 7 nitrogen and oxygen atoms in total. The summed E-state index contributed by atoms with van der Waals surface area (Å²) in [5.74, 6) is 1.86. The predicted molar refractivity (Wildman–Crippen MR) is 96.5 cm³/mol. The van der Waals surface area contributed by atoms with Crippen LogP contribution in [0.25, 0.3) is 0 Å². The average molecular weight is 355 g/mol. The lowest BCUT2D eigenvalue weighted by Crippen LogP contribution is -2.14. The second-order valence-electron chi connectivity index (χ2n) is 5.22. The molecule has 3 rings (SSSR count). The highest BCUT2D eigenvalue weighted by Crippen LogP contribution is 2.18. The van der Waals surface area contributed by atoms with Gasteiger partial charge in [-0.15, -0.1) is 5.10 Å². The first-order valence-corrected chi connectivity index (χ1v) is 7.96. The van der Waals surface area contributed by atoms with Crippen LogP contribution in [0, 0.1) is 5.82 Å². The van der Waals surface area contributed by atoms with E-state index in [1.807, 2.05) is 24.3 Å². The van der Waals surface area contributed by atoms with Gasteiger partial charge in [0.15, 0.2) is 5.82 Å². The summed E-state index contributed by atoms with van der Waals surface area (Å²) in [6.07, 6.45) is 1.42. The van der Waals surface area contributed by atoms with Crippen LogP contribution in [0.15, 0.2) is 54.7 Å². The summed E-state index contributed by atoms with van der Waals surface area (Å²) >= 11 is 0. The average Bonchev–Trinajstić information content (AvgIpc) is 2.68. The number of rotatable bonds is 8. The van der Waals surface area contributed by atoms with Gasteiger partial charge in [0.25, 0.3) is 0 Å². The molecule has 0 aliphatic carbocycles. The minimum absolute atomic E-state index is 0.321. The highest BCUT2D eigenvalue weighted by Gasteiger charge is 2.04. The first kappa shape index (κ1) is 17.4. The van der Waals surface area contributed by atoms with Gasteiger partial charge >= 0.3 is 0 Å². The molecule has 0 amide bonds. The number of para-hydroxylation sites is 1. The molecule has 1 aromatic heterocycles. The summed E-state index contributed by atoms with van der Waals surface area (Å²) in [6.45, 7) is 0.900. The quantitative estimate of drug-likeness (QED) is 0.600. The van der Waals surface area contributed by atoms with Gasteiger partial charge in [0.05, 0.1) is 25.5 Å². The Kier molecular flexibility index (Phi) is 5.76. The SMILES string of the molecule is COc1ccc(OCCNc2nncc(Nc3ccccc3F)n2)cc1. The standard InChI is InChI=1S/C18H18FN5O2/c1-25-13-6-8-14(9-7-13)26-11-10-20-18-23-17(12-21-24-18)22-16-5-3-2-4-15(16)19/h2-9,12H,10-11H2,1H3,(H2,20,22,23,24). The summed E-state index contributed by atoms with van der Waals surface area (Å²) in [6, 6.07) is 13.6. The van der Waals surface area contributed by atoms with E-state index in [0.717, 1.165) is 11.5 Å². The van der Waals surface area contributed by atoms with Crippen molar-refractivity contribution in [3.63, 3.8) is 0 Å². The van der Waals surface area contributed by atoms with Gasteiger partial charge in [-0.05, 0) is 36.4 Å². The maximum Gasteiger partial charge on any atom is 0.244 e. The van der Waals surface area contributed by atoms with Crippen LogP contribution in [0.2, 0.25) is 0 Å². The number of aromatic nitrogens is 3. The topological polar surface area (TPSA) is 81.2 Å². The molecule has 2 N–H and O–H groups in total. The van der Waals surface area contributed by atoms with Gasteiger partial charge in [0.1, 0.15) is 23.9 Å². The second kappa shape index (κ2) is 8.61. The highest BCUT2D eigenvalue weighted by molar-refractivity contribution is 5.56. The molecule has 0 fully saturated rings. The van der Waals surface area contributed by atoms with Crippen molar-refractivity contribution in [1.29, 1.82) is 0 Å². The highest BCUT2D eigenvalue weighted by atomic mass is 19.1. The predicted octanol–water partition coefficient (Wildman–Crippen LogP) is 3.25. The van der Waals surface area contributed by atoms with Gasteiger partial charge in [-0.2, -0.15) is 10.1 Å². The number of nitrogens with one attached hydrogen (secondary N) is 2. The van der Waals surface area contributed by atoms with Crippen LogP contribution < -0.4 is 20.1 Å². The molecule has 0 atom stereocenters. The molecule has 0 aliphatic rings. The van der Waals surface area contributed by atoms with Crippen LogP contribution in [-0.2, 0) is 0 Å². The van der Waals surface area contributed by atoms with Crippen molar-refractivity contribution < 1.29 is 13.9 Å². The zero-order valence-corrected chi connectivity index (χ0v) is 14.1. The molecule has 3 aromatic rings. The van der Waals surface area contributed by atoms with Crippen LogP contribution in [0.3, 0.4) is 0 Å². The molecular formula is C18H18FN5O2. The summed E-state index contributed by atoms with van der Waals surface area (Å²) in [5, 5.41) is 13.6. The van der Waals surface area contributed by atoms with E-state index in [1.165, 1.54) is 12.3 Å². The Bertz CT molecular complexity index is 845. The number of hydrogen-bond donors (Lipinski definition) is 2. The number of ether oxygens (including phenoxy) is 2. The van der Waals surface area contributed by atoms with Crippen LogP contribution in [0.1, 0.15) is 0 Å². The smallest absolute Gasteiger partial charge is 0.244 e. The molecule has 0 radical (unpaired) electrons. The zero-order chi connectivity index (χ0) is 18.2. The largest absolute Gasteiger partial charge is 0.497 e. The van der Waals surface area contributed by atoms with E-state index in [2.05, 4.69) is 25.8 Å². The molecule has 1 heterocycles. The van der Waals surface area contributed by atoms with Crippen molar-refractivity contribution in [2.45, 2.75) is 0 Å². The summed E-state index contributed by atoms with van der Waals surface area (Å²) in [4.78, 5) is 4.24. The Balaban J connectivity index is 1.50. The van der Waals surface area contributed by atoms with Crippen molar-refractivity contribution in [3.05, 3.63) is 60.5 Å². The third kappa shape index (κ3) is 4.79. The molecule has 0 spiro atoms. The van der Waals surface area contributed by atoms with E-state index >= 15 is 0 Å². The van der Waals surface area contributed by atoms with Gasteiger partial charge in [-0.1, -0.05) is 12.1 Å². The summed E-state index contributed by atoms with van der Waals surface area (Å²) in [5.41, 5.74) is 0.321. The summed E-state index contributed by atoms with van der Waals surface area (Å²) < 4.78 is 24.4. The fourth-order valence-electron chi connectivity index (χ4n) is 2.14. The fourth-order valence-corrected chi connectivity index (χ4v) is 2.14. The Hall–Kier alpha value is -3.42. The Labute approximate surface area is 150 Å². The van der Waals surface area contributed by atoms with Crippen molar-refractivity contribution in [2.75, 3.05) is 30.9 Å². The minimum Gasteiger partial charge on any atom is -0.497 e. The number of benzene rings is 2.